The first-order valence-corrected chi connectivity index (χ1v) is 6.16. The number of rotatable bonds is 3. The van der Waals surface area contributed by atoms with Crippen LogP contribution in [0.3, 0.4) is 0 Å². The van der Waals surface area contributed by atoms with Crippen molar-refractivity contribution >= 4 is 5.91 Å². The van der Waals surface area contributed by atoms with Crippen LogP contribution in [-0.4, -0.2) is 30.4 Å². The van der Waals surface area contributed by atoms with Crippen molar-refractivity contribution in [2.45, 2.75) is 32.4 Å². The van der Waals surface area contributed by atoms with Gasteiger partial charge in [0.1, 0.15) is 0 Å². The van der Waals surface area contributed by atoms with E-state index in [0.29, 0.717) is 12.6 Å². The Morgan fingerprint density at radius 2 is 2.47 bits per heavy atom. The van der Waals surface area contributed by atoms with Crippen LogP contribution in [0.1, 0.15) is 25.3 Å². The fourth-order valence-electron chi connectivity index (χ4n) is 2.40. The normalized spacial score (nSPS) is 24.6. The van der Waals surface area contributed by atoms with Crippen molar-refractivity contribution in [3.63, 3.8) is 0 Å². The highest BCUT2D eigenvalue weighted by Gasteiger charge is 2.26. The number of hydrogen-bond donors (Lipinski definition) is 1. The zero-order chi connectivity index (χ0) is 12.3. The van der Waals surface area contributed by atoms with E-state index in [1.165, 1.54) is 0 Å². The molecule has 2 rings (SSSR count). The van der Waals surface area contributed by atoms with Gasteiger partial charge in [0, 0.05) is 31.1 Å². The smallest absolute Gasteiger partial charge is 0.225 e. The molecule has 1 aromatic heterocycles. The minimum absolute atomic E-state index is 0.170. The van der Waals surface area contributed by atoms with E-state index in [-0.39, 0.29) is 11.8 Å². The van der Waals surface area contributed by atoms with Crippen LogP contribution in [0.2, 0.25) is 0 Å². The summed E-state index contributed by atoms with van der Waals surface area (Å²) in [5.41, 5.74) is 1.04. The van der Waals surface area contributed by atoms with Gasteiger partial charge in [-0.1, -0.05) is 0 Å². The maximum atomic E-state index is 12.2. The summed E-state index contributed by atoms with van der Waals surface area (Å²) in [5.74, 6) is 0.419. The van der Waals surface area contributed by atoms with Gasteiger partial charge in [-0.05, 0) is 32.4 Å². The molecule has 1 aliphatic rings. The second kappa shape index (κ2) is 5.36. The molecule has 1 aliphatic heterocycles. The van der Waals surface area contributed by atoms with E-state index in [2.05, 4.69) is 12.2 Å². The molecule has 4 nitrogen and oxygen atoms in total. The zero-order valence-corrected chi connectivity index (χ0v) is 10.5. The summed E-state index contributed by atoms with van der Waals surface area (Å²) in [6.07, 6.45) is 5.21. The van der Waals surface area contributed by atoms with E-state index in [1.807, 2.05) is 13.1 Å². The van der Waals surface area contributed by atoms with Crippen molar-refractivity contribution in [1.29, 1.82) is 0 Å². The molecular formula is C13H20N2O2. The predicted molar refractivity (Wildman–Crippen MR) is 65.4 cm³/mol. The number of nitrogens with one attached hydrogen (secondary N) is 1. The van der Waals surface area contributed by atoms with Gasteiger partial charge in [0.2, 0.25) is 5.91 Å². The van der Waals surface area contributed by atoms with Crippen LogP contribution >= 0.6 is 0 Å². The topological polar surface area (TPSA) is 45.5 Å². The van der Waals surface area contributed by atoms with E-state index in [0.717, 1.165) is 24.9 Å². The summed E-state index contributed by atoms with van der Waals surface area (Å²) < 4.78 is 5.01. The second-order valence-electron chi connectivity index (χ2n) is 4.90. The van der Waals surface area contributed by atoms with Crippen LogP contribution < -0.4 is 5.32 Å². The monoisotopic (exact) mass is 236 g/mol. The Kier molecular flexibility index (Phi) is 3.84. The van der Waals surface area contributed by atoms with Crippen LogP contribution in [0.25, 0.3) is 0 Å². The summed E-state index contributed by atoms with van der Waals surface area (Å²) in [7, 11) is 1.86. The molecule has 0 radical (unpaired) electrons. The maximum Gasteiger partial charge on any atom is 0.225 e. The fourth-order valence-corrected chi connectivity index (χ4v) is 2.40. The fraction of sp³-hybridized carbons (Fsp3) is 0.615. The van der Waals surface area contributed by atoms with Crippen molar-refractivity contribution in [3.05, 3.63) is 24.2 Å². The highest BCUT2D eigenvalue weighted by Crippen LogP contribution is 2.19. The molecule has 2 atom stereocenters. The van der Waals surface area contributed by atoms with Crippen molar-refractivity contribution in [2.24, 2.45) is 5.92 Å². The van der Waals surface area contributed by atoms with Crippen LogP contribution in [0.15, 0.2) is 23.0 Å². The van der Waals surface area contributed by atoms with Gasteiger partial charge in [-0.3, -0.25) is 4.79 Å². The third kappa shape index (κ3) is 3.09. The molecule has 2 heterocycles. The molecule has 0 aromatic carbocycles. The zero-order valence-electron chi connectivity index (χ0n) is 10.5. The van der Waals surface area contributed by atoms with Gasteiger partial charge in [0.15, 0.2) is 0 Å². The third-order valence-electron chi connectivity index (χ3n) is 3.35. The van der Waals surface area contributed by atoms with Crippen LogP contribution in [-0.2, 0) is 11.3 Å². The number of furan rings is 1. The molecule has 1 fully saturated rings. The minimum Gasteiger partial charge on any atom is -0.472 e. The Bertz CT molecular complexity index is 362. The molecule has 1 aromatic rings. The van der Waals surface area contributed by atoms with Gasteiger partial charge in [0.05, 0.1) is 12.5 Å². The molecule has 94 valence electrons. The van der Waals surface area contributed by atoms with Crippen LogP contribution in [0.4, 0.5) is 0 Å². The SMILES string of the molecule is CC1CC(C(=O)N(C)Cc2ccoc2)CCN1. The van der Waals surface area contributed by atoms with Gasteiger partial charge in [-0.2, -0.15) is 0 Å². The Hall–Kier alpha value is -1.29. The lowest BCUT2D eigenvalue weighted by atomic mass is 9.92. The molecule has 0 aliphatic carbocycles. The number of piperidine rings is 1. The number of nitrogens with zero attached hydrogens (tertiary/aromatic N) is 1. The lowest BCUT2D eigenvalue weighted by Gasteiger charge is -2.30. The molecule has 1 amide bonds. The highest BCUT2D eigenvalue weighted by atomic mass is 16.3. The molecule has 0 spiro atoms. The Morgan fingerprint density at radius 1 is 1.65 bits per heavy atom. The Balaban J connectivity index is 1.90. The number of carbonyl (C=O) groups is 1. The van der Waals surface area contributed by atoms with Crippen molar-refractivity contribution in [2.75, 3.05) is 13.6 Å². The molecule has 0 saturated carbocycles. The van der Waals surface area contributed by atoms with Gasteiger partial charge in [0.25, 0.3) is 0 Å². The molecule has 1 saturated heterocycles. The molecular weight excluding hydrogens is 216 g/mol. The van der Waals surface area contributed by atoms with Crippen molar-refractivity contribution in [1.82, 2.24) is 10.2 Å². The molecule has 0 bridgehead atoms. The summed E-state index contributed by atoms with van der Waals surface area (Å²) in [4.78, 5) is 14.0. The van der Waals surface area contributed by atoms with Gasteiger partial charge < -0.3 is 14.6 Å². The largest absolute Gasteiger partial charge is 0.472 e. The standard InChI is InChI=1S/C13H20N2O2/c1-10-7-12(3-5-14-10)13(16)15(2)8-11-4-6-17-9-11/h4,6,9-10,12,14H,3,5,7-8H2,1-2H3. The van der Waals surface area contributed by atoms with E-state index >= 15 is 0 Å². The van der Waals surface area contributed by atoms with Crippen molar-refractivity contribution in [3.8, 4) is 0 Å². The average Bonchev–Trinajstić information content (AvgIpc) is 2.80. The van der Waals surface area contributed by atoms with E-state index in [1.54, 1.807) is 17.4 Å². The average molecular weight is 236 g/mol. The maximum absolute atomic E-state index is 12.2. The predicted octanol–water partition coefficient (Wildman–Crippen LogP) is 1.63. The third-order valence-corrected chi connectivity index (χ3v) is 3.35. The lowest BCUT2D eigenvalue weighted by molar-refractivity contribution is -0.135. The van der Waals surface area contributed by atoms with E-state index in [4.69, 9.17) is 4.42 Å². The van der Waals surface area contributed by atoms with Crippen LogP contribution in [0, 0.1) is 5.92 Å². The molecule has 1 N–H and O–H groups in total. The van der Waals surface area contributed by atoms with E-state index in [9.17, 15) is 4.79 Å². The highest BCUT2D eigenvalue weighted by molar-refractivity contribution is 5.78. The van der Waals surface area contributed by atoms with Gasteiger partial charge in [-0.15, -0.1) is 0 Å². The second-order valence-corrected chi connectivity index (χ2v) is 4.90. The number of carbonyl (C=O) groups excluding carboxylic acids is 1. The summed E-state index contributed by atoms with van der Waals surface area (Å²) >= 11 is 0. The summed E-state index contributed by atoms with van der Waals surface area (Å²) in [5, 5.41) is 3.37. The first-order chi connectivity index (χ1) is 8.16. The first kappa shape index (κ1) is 12.2. The van der Waals surface area contributed by atoms with Gasteiger partial charge in [-0.25, -0.2) is 0 Å². The van der Waals surface area contributed by atoms with Crippen LogP contribution in [0.5, 0.6) is 0 Å². The summed E-state index contributed by atoms with van der Waals surface area (Å²) in [6.45, 7) is 3.71. The molecule has 2 unspecified atom stereocenters. The van der Waals surface area contributed by atoms with E-state index < -0.39 is 0 Å². The summed E-state index contributed by atoms with van der Waals surface area (Å²) in [6, 6.07) is 2.34. The molecule has 17 heavy (non-hydrogen) atoms. The number of hydrogen-bond acceptors (Lipinski definition) is 3. The van der Waals surface area contributed by atoms with Gasteiger partial charge >= 0.3 is 0 Å². The quantitative estimate of drug-likeness (QED) is 0.867. The minimum atomic E-state index is 0.170. The lowest BCUT2D eigenvalue weighted by Crippen LogP contribution is -2.42. The number of amides is 1. The van der Waals surface area contributed by atoms with Crippen molar-refractivity contribution < 1.29 is 9.21 Å². The Morgan fingerprint density at radius 3 is 3.12 bits per heavy atom. The first-order valence-electron chi connectivity index (χ1n) is 6.16. The Labute approximate surface area is 102 Å². The molecule has 4 heteroatoms.